The smallest absolute Gasteiger partial charge is 0.224 e. The molecule has 0 radical (unpaired) electrons. The average Bonchev–Trinajstić information content (AvgIpc) is 2.35. The van der Waals surface area contributed by atoms with Gasteiger partial charge in [-0.05, 0) is 30.4 Å². The molecule has 0 spiro atoms. The second kappa shape index (κ2) is 8.69. The van der Waals surface area contributed by atoms with Crippen LogP contribution < -0.4 is 5.32 Å². The third kappa shape index (κ3) is 5.61. The number of hydrogen-bond donors (Lipinski definition) is 2. The van der Waals surface area contributed by atoms with Crippen molar-refractivity contribution in [3.63, 3.8) is 0 Å². The minimum Gasteiger partial charge on any atom is -0.396 e. The van der Waals surface area contributed by atoms with Crippen LogP contribution >= 0.6 is 35.0 Å². The Morgan fingerprint density at radius 3 is 2.58 bits per heavy atom. The van der Waals surface area contributed by atoms with Gasteiger partial charge in [0.2, 0.25) is 5.91 Å². The SMILES string of the molecule is CSCC(CCO)NC(=O)Cc1c(Cl)cccc1Cl. The van der Waals surface area contributed by atoms with Crippen molar-refractivity contribution in [3.05, 3.63) is 33.8 Å². The molecule has 0 saturated carbocycles. The summed E-state index contributed by atoms with van der Waals surface area (Å²) in [5, 5.41) is 12.8. The van der Waals surface area contributed by atoms with Crippen molar-refractivity contribution in [1.82, 2.24) is 5.32 Å². The van der Waals surface area contributed by atoms with E-state index >= 15 is 0 Å². The highest BCUT2D eigenvalue weighted by molar-refractivity contribution is 7.98. The molecule has 3 nitrogen and oxygen atoms in total. The highest BCUT2D eigenvalue weighted by atomic mass is 35.5. The summed E-state index contributed by atoms with van der Waals surface area (Å²) in [6, 6.07) is 5.13. The zero-order valence-electron chi connectivity index (χ0n) is 10.7. The van der Waals surface area contributed by atoms with Gasteiger partial charge in [0.25, 0.3) is 0 Å². The number of rotatable bonds is 7. The van der Waals surface area contributed by atoms with E-state index in [2.05, 4.69) is 5.32 Å². The molecular weight excluding hydrogens is 305 g/mol. The number of benzene rings is 1. The van der Waals surface area contributed by atoms with E-state index in [-0.39, 0.29) is 25.0 Å². The molecule has 1 aromatic rings. The third-order valence-corrected chi connectivity index (χ3v) is 4.05. The van der Waals surface area contributed by atoms with Gasteiger partial charge in [-0.15, -0.1) is 0 Å². The lowest BCUT2D eigenvalue weighted by Gasteiger charge is -2.17. The molecule has 1 aromatic carbocycles. The molecule has 106 valence electrons. The average molecular weight is 322 g/mol. The van der Waals surface area contributed by atoms with Crippen LogP contribution in [0.15, 0.2) is 18.2 Å². The molecule has 2 N–H and O–H groups in total. The molecule has 0 aromatic heterocycles. The molecule has 1 amide bonds. The van der Waals surface area contributed by atoms with Crippen molar-refractivity contribution in [1.29, 1.82) is 0 Å². The van der Waals surface area contributed by atoms with Gasteiger partial charge in [-0.3, -0.25) is 4.79 Å². The minimum absolute atomic E-state index is 0.0336. The Balaban J connectivity index is 2.63. The summed E-state index contributed by atoms with van der Waals surface area (Å²) in [6.45, 7) is 0.0539. The van der Waals surface area contributed by atoms with Gasteiger partial charge in [0.05, 0.1) is 6.42 Å². The fourth-order valence-electron chi connectivity index (χ4n) is 1.69. The summed E-state index contributed by atoms with van der Waals surface area (Å²) in [4.78, 5) is 12.0. The lowest BCUT2D eigenvalue weighted by Crippen LogP contribution is -2.38. The first kappa shape index (κ1) is 16.6. The molecule has 0 bridgehead atoms. The molecule has 0 heterocycles. The Morgan fingerprint density at radius 1 is 1.42 bits per heavy atom. The first-order valence-corrected chi connectivity index (χ1v) is 8.05. The van der Waals surface area contributed by atoms with E-state index in [4.69, 9.17) is 28.3 Å². The van der Waals surface area contributed by atoms with Gasteiger partial charge in [0.15, 0.2) is 0 Å². The van der Waals surface area contributed by atoms with Gasteiger partial charge in [0, 0.05) is 28.4 Å². The van der Waals surface area contributed by atoms with E-state index in [1.807, 2.05) is 6.26 Å². The summed E-state index contributed by atoms with van der Waals surface area (Å²) in [7, 11) is 0. The number of thioether (sulfide) groups is 1. The minimum atomic E-state index is -0.137. The van der Waals surface area contributed by atoms with Crippen molar-refractivity contribution in [2.24, 2.45) is 0 Å². The number of amides is 1. The first-order valence-electron chi connectivity index (χ1n) is 5.90. The highest BCUT2D eigenvalue weighted by Crippen LogP contribution is 2.24. The second-order valence-corrected chi connectivity index (χ2v) is 5.83. The van der Waals surface area contributed by atoms with Crippen molar-refractivity contribution in [2.75, 3.05) is 18.6 Å². The first-order chi connectivity index (χ1) is 9.08. The van der Waals surface area contributed by atoms with Crippen molar-refractivity contribution >= 4 is 40.9 Å². The molecule has 0 aliphatic heterocycles. The normalized spacial score (nSPS) is 12.2. The Morgan fingerprint density at radius 2 is 2.05 bits per heavy atom. The Bertz CT molecular complexity index is 403. The molecule has 0 aliphatic carbocycles. The Labute approximate surface area is 127 Å². The van der Waals surface area contributed by atoms with Gasteiger partial charge >= 0.3 is 0 Å². The molecule has 1 atom stereocenters. The number of hydrogen-bond acceptors (Lipinski definition) is 3. The van der Waals surface area contributed by atoms with E-state index < -0.39 is 0 Å². The maximum Gasteiger partial charge on any atom is 0.224 e. The van der Waals surface area contributed by atoms with Crippen LogP contribution in [0.3, 0.4) is 0 Å². The summed E-state index contributed by atoms with van der Waals surface area (Å²) in [6.07, 6.45) is 2.65. The highest BCUT2D eigenvalue weighted by Gasteiger charge is 2.14. The van der Waals surface area contributed by atoms with Gasteiger partial charge in [0.1, 0.15) is 0 Å². The maximum atomic E-state index is 12.0. The number of aliphatic hydroxyl groups is 1. The van der Waals surface area contributed by atoms with Crippen molar-refractivity contribution in [3.8, 4) is 0 Å². The predicted octanol–water partition coefficient (Wildman–Crippen LogP) is 2.77. The predicted molar refractivity (Wildman–Crippen MR) is 82.2 cm³/mol. The summed E-state index contributed by atoms with van der Waals surface area (Å²) in [5.41, 5.74) is 0.634. The zero-order chi connectivity index (χ0) is 14.3. The standard InChI is InChI=1S/C13H17Cl2NO2S/c1-19-8-9(5-6-17)16-13(18)7-10-11(14)3-2-4-12(10)15/h2-4,9,17H,5-8H2,1H3,(H,16,18). The second-order valence-electron chi connectivity index (χ2n) is 4.11. The van der Waals surface area contributed by atoms with E-state index in [0.29, 0.717) is 22.0 Å². The lowest BCUT2D eigenvalue weighted by molar-refractivity contribution is -0.121. The summed E-state index contributed by atoms with van der Waals surface area (Å²) >= 11 is 13.7. The fraction of sp³-hybridized carbons (Fsp3) is 0.462. The van der Waals surface area contributed by atoms with Crippen LogP contribution in [0.1, 0.15) is 12.0 Å². The number of carbonyl (C=O) groups excluding carboxylic acids is 1. The van der Waals surface area contributed by atoms with Crippen LogP contribution in [0, 0.1) is 0 Å². The lowest BCUT2D eigenvalue weighted by atomic mass is 10.1. The molecule has 0 aliphatic rings. The largest absolute Gasteiger partial charge is 0.396 e. The van der Waals surface area contributed by atoms with Crippen molar-refractivity contribution < 1.29 is 9.90 Å². The number of nitrogens with one attached hydrogen (secondary N) is 1. The summed E-state index contributed by atoms with van der Waals surface area (Å²) < 4.78 is 0. The quantitative estimate of drug-likeness (QED) is 0.811. The Kier molecular flexibility index (Phi) is 7.61. The molecule has 0 fully saturated rings. The van der Waals surface area contributed by atoms with Crippen LogP contribution in [-0.2, 0) is 11.2 Å². The van der Waals surface area contributed by atoms with E-state index in [1.165, 1.54) is 0 Å². The van der Waals surface area contributed by atoms with Crippen molar-refractivity contribution in [2.45, 2.75) is 18.9 Å². The monoisotopic (exact) mass is 321 g/mol. The topological polar surface area (TPSA) is 49.3 Å². The number of aliphatic hydroxyl groups excluding tert-OH is 1. The third-order valence-electron chi connectivity index (χ3n) is 2.61. The van der Waals surface area contributed by atoms with E-state index in [0.717, 1.165) is 5.75 Å². The van der Waals surface area contributed by atoms with Gasteiger partial charge in [-0.1, -0.05) is 29.3 Å². The van der Waals surface area contributed by atoms with E-state index in [9.17, 15) is 4.79 Å². The van der Waals surface area contributed by atoms with Crippen LogP contribution in [0.25, 0.3) is 0 Å². The number of carbonyl (C=O) groups is 1. The fourth-order valence-corrected chi connectivity index (χ4v) is 2.88. The molecule has 6 heteroatoms. The molecule has 1 unspecified atom stereocenters. The van der Waals surface area contributed by atoms with Crippen LogP contribution in [0.4, 0.5) is 0 Å². The molecular formula is C13H17Cl2NO2S. The molecule has 1 rings (SSSR count). The van der Waals surface area contributed by atoms with Gasteiger partial charge in [-0.2, -0.15) is 11.8 Å². The van der Waals surface area contributed by atoms with Gasteiger partial charge in [-0.25, -0.2) is 0 Å². The van der Waals surface area contributed by atoms with Gasteiger partial charge < -0.3 is 10.4 Å². The van der Waals surface area contributed by atoms with Crippen LogP contribution in [0.2, 0.25) is 10.0 Å². The van der Waals surface area contributed by atoms with Crippen LogP contribution in [-0.4, -0.2) is 35.7 Å². The van der Waals surface area contributed by atoms with E-state index in [1.54, 1.807) is 30.0 Å². The number of halogens is 2. The molecule has 19 heavy (non-hydrogen) atoms. The summed E-state index contributed by atoms with van der Waals surface area (Å²) in [5.74, 6) is 0.630. The maximum absolute atomic E-state index is 12.0. The molecule has 0 saturated heterocycles. The zero-order valence-corrected chi connectivity index (χ0v) is 13.0. The Hall–Kier alpha value is -0.420. The van der Waals surface area contributed by atoms with Crippen LogP contribution in [0.5, 0.6) is 0 Å².